The number of fused-ring (bicyclic) bond motifs is 15. The first-order chi connectivity index (χ1) is 31.8. The summed E-state index contributed by atoms with van der Waals surface area (Å²) in [5.41, 5.74) is 21.9. The molecule has 324 valence electrons. The molecule has 66 heavy (non-hydrogen) atoms. The highest BCUT2D eigenvalue weighted by Gasteiger charge is 2.65. The van der Waals surface area contributed by atoms with Gasteiger partial charge in [-0.1, -0.05) is 162 Å². The Labute approximate surface area is 392 Å². The maximum Gasteiger partial charge on any atom is 0.252 e. The molecule has 5 heterocycles. The van der Waals surface area contributed by atoms with Crippen molar-refractivity contribution in [2.75, 3.05) is 9.80 Å². The second-order valence-corrected chi connectivity index (χ2v) is 24.8. The summed E-state index contributed by atoms with van der Waals surface area (Å²) in [6.07, 6.45) is 11.7. The van der Waals surface area contributed by atoms with Gasteiger partial charge in [-0.3, -0.25) is 0 Å². The molecule has 3 nitrogen and oxygen atoms in total. The maximum absolute atomic E-state index is 4.83. The third-order valence-corrected chi connectivity index (χ3v) is 19.9. The van der Waals surface area contributed by atoms with E-state index in [2.05, 4.69) is 202 Å². The first-order valence-corrected chi connectivity index (χ1v) is 27.0. The molecule has 4 atom stereocenters. The number of anilines is 4. The molecule has 1 fully saturated rings. The monoisotopic (exact) mass is 871 g/mol. The van der Waals surface area contributed by atoms with Crippen molar-refractivity contribution in [3.05, 3.63) is 173 Å². The van der Waals surface area contributed by atoms with Crippen LogP contribution in [0.15, 0.2) is 140 Å². The SMILES string of the molecule is C=[Si](C)c1cc2c3c(c1)C1(c4ccccc4)CCCCC1(C)N3c1cc(N3c4ccc(C(C)(C)C)cc4C4(C)CCc5ccccc5C34C)cc3c1B2c1cccc2c4ccccc4n-3c12. The molecule has 7 aromatic carbocycles. The van der Waals surface area contributed by atoms with Crippen LogP contribution in [0.3, 0.4) is 0 Å². The summed E-state index contributed by atoms with van der Waals surface area (Å²) >= 11 is 0. The Morgan fingerprint density at radius 1 is 0.636 bits per heavy atom. The normalized spacial score (nSPS) is 25.0. The van der Waals surface area contributed by atoms with Gasteiger partial charge in [-0.05, 0) is 124 Å². The summed E-state index contributed by atoms with van der Waals surface area (Å²) in [6.45, 7) is 17.4. The fraction of sp³-hybridized carbons (Fsp3) is 0.295. The second-order valence-electron chi connectivity index (χ2n) is 22.6. The molecule has 0 bridgehead atoms. The number of aromatic nitrogens is 1. The number of benzene rings is 7. The molecular weight excluding hydrogens is 814 g/mol. The van der Waals surface area contributed by atoms with Gasteiger partial charge in [-0.15, -0.1) is 6.17 Å². The predicted molar refractivity (Wildman–Crippen MR) is 283 cm³/mol. The Morgan fingerprint density at radius 3 is 2.20 bits per heavy atom. The van der Waals surface area contributed by atoms with Crippen LogP contribution >= 0.6 is 0 Å². The Bertz CT molecular complexity index is 3490. The van der Waals surface area contributed by atoms with Gasteiger partial charge in [-0.25, -0.2) is 0 Å². The molecule has 5 heteroatoms. The first kappa shape index (κ1) is 39.3. The van der Waals surface area contributed by atoms with Crippen molar-refractivity contribution in [3.63, 3.8) is 0 Å². The van der Waals surface area contributed by atoms with Gasteiger partial charge >= 0.3 is 0 Å². The lowest BCUT2D eigenvalue weighted by atomic mass is 9.33. The van der Waals surface area contributed by atoms with E-state index >= 15 is 0 Å². The highest BCUT2D eigenvalue weighted by molar-refractivity contribution is 7.00. The third kappa shape index (κ3) is 4.46. The van der Waals surface area contributed by atoms with E-state index in [1.807, 2.05) is 0 Å². The lowest BCUT2D eigenvalue weighted by Crippen LogP contribution is -2.64. The van der Waals surface area contributed by atoms with Gasteiger partial charge in [-0.2, -0.15) is 0 Å². The summed E-state index contributed by atoms with van der Waals surface area (Å²) in [5, 5.41) is 4.12. The van der Waals surface area contributed by atoms with Gasteiger partial charge in [0.25, 0.3) is 6.71 Å². The van der Waals surface area contributed by atoms with Crippen LogP contribution in [0.4, 0.5) is 22.7 Å². The summed E-state index contributed by atoms with van der Waals surface area (Å²) in [6, 6.07) is 55.6. The fourth-order valence-electron chi connectivity index (χ4n) is 15.3. The number of hydrogen-bond donors (Lipinski definition) is 0. The van der Waals surface area contributed by atoms with E-state index in [0.717, 1.165) is 25.7 Å². The molecule has 6 aliphatic rings. The molecule has 0 amide bonds. The average Bonchev–Trinajstić information content (AvgIpc) is 3.87. The maximum atomic E-state index is 4.83. The van der Waals surface area contributed by atoms with Gasteiger partial charge in [0.1, 0.15) is 0 Å². The van der Waals surface area contributed by atoms with E-state index < -0.39 is 8.41 Å². The van der Waals surface area contributed by atoms with Gasteiger partial charge in [0.05, 0.1) is 16.6 Å². The molecule has 0 spiro atoms. The molecule has 0 N–H and O–H groups in total. The number of para-hydroxylation sites is 2. The highest BCUT2D eigenvalue weighted by atomic mass is 28.2. The zero-order valence-corrected chi connectivity index (χ0v) is 40.6. The Kier molecular flexibility index (Phi) is 7.58. The van der Waals surface area contributed by atoms with Gasteiger partial charge < -0.3 is 14.4 Å². The van der Waals surface area contributed by atoms with Crippen LogP contribution in [0.1, 0.15) is 107 Å². The summed E-state index contributed by atoms with van der Waals surface area (Å²) in [7, 11) is -1.04. The number of rotatable bonds is 3. The van der Waals surface area contributed by atoms with Crippen LogP contribution in [-0.4, -0.2) is 31.4 Å². The highest BCUT2D eigenvalue weighted by Crippen LogP contribution is 2.67. The molecular formula is C61H58BN3Si. The van der Waals surface area contributed by atoms with Crippen molar-refractivity contribution in [1.82, 2.24) is 4.57 Å². The van der Waals surface area contributed by atoms with E-state index in [1.54, 1.807) is 0 Å². The molecule has 2 aliphatic carbocycles. The van der Waals surface area contributed by atoms with E-state index in [1.165, 1.54) is 118 Å². The van der Waals surface area contributed by atoms with Crippen LogP contribution in [0.2, 0.25) is 6.55 Å². The Hall–Kier alpha value is -5.91. The molecule has 4 unspecified atom stereocenters. The zero-order valence-electron chi connectivity index (χ0n) is 39.6. The minimum Gasteiger partial charge on any atom is -0.335 e. The van der Waals surface area contributed by atoms with Crippen molar-refractivity contribution >= 4 is 87.4 Å². The lowest BCUT2D eigenvalue weighted by molar-refractivity contribution is 0.215. The molecule has 4 aliphatic heterocycles. The van der Waals surface area contributed by atoms with E-state index in [-0.39, 0.29) is 34.0 Å². The average molecular weight is 872 g/mol. The molecule has 0 radical (unpaired) electrons. The Morgan fingerprint density at radius 2 is 1.38 bits per heavy atom. The van der Waals surface area contributed by atoms with E-state index in [0.29, 0.717) is 0 Å². The first-order valence-electron chi connectivity index (χ1n) is 24.8. The standard InChI is InChI=1S/C61H58BN3Si/c1-57(2,3)40-27-28-51-46(33-40)58(4)32-29-38-19-12-14-24-45(38)60(58,6)64(51)41-34-52-54-53(35-41)65-56-47(61(39-20-10-9-11-21-39)31-17-16-30-59(61,65)5)36-42(66(7)8)37-49(56)62(54)48-25-18-23-44-43-22-13-15-26-50(43)63(52)55(44)48/h9-15,18-28,33-37H,7,16-17,29-32H2,1-6,8H3. The van der Waals surface area contributed by atoms with Gasteiger partial charge in [0.15, 0.2) is 0 Å². The largest absolute Gasteiger partial charge is 0.335 e. The molecule has 1 aromatic heterocycles. The van der Waals surface area contributed by atoms with Gasteiger partial charge in [0, 0.05) is 64.0 Å². The van der Waals surface area contributed by atoms with Gasteiger partial charge in [0.2, 0.25) is 0 Å². The topological polar surface area (TPSA) is 11.4 Å². The number of hydrogen-bond acceptors (Lipinski definition) is 2. The number of aryl methyl sites for hydroxylation is 1. The van der Waals surface area contributed by atoms with Crippen molar-refractivity contribution in [2.45, 2.75) is 114 Å². The molecule has 14 rings (SSSR count). The zero-order chi connectivity index (χ0) is 44.9. The minimum atomic E-state index is -1.04. The number of nitrogens with zero attached hydrogens (tertiary/aromatic N) is 3. The molecule has 0 saturated heterocycles. The van der Waals surface area contributed by atoms with Crippen molar-refractivity contribution < 1.29 is 0 Å². The Balaban J connectivity index is 1.15. The van der Waals surface area contributed by atoms with Crippen molar-refractivity contribution in [1.29, 1.82) is 0 Å². The molecule has 1 saturated carbocycles. The van der Waals surface area contributed by atoms with E-state index in [9.17, 15) is 0 Å². The summed E-state index contributed by atoms with van der Waals surface area (Å²) < 4.78 is 2.69. The smallest absolute Gasteiger partial charge is 0.252 e. The van der Waals surface area contributed by atoms with Crippen LogP contribution in [0, 0.1) is 0 Å². The summed E-state index contributed by atoms with van der Waals surface area (Å²) in [4.78, 5) is 5.78. The minimum absolute atomic E-state index is 0.0376. The van der Waals surface area contributed by atoms with E-state index in [4.69, 9.17) is 6.17 Å². The van der Waals surface area contributed by atoms with Crippen molar-refractivity contribution in [3.8, 4) is 5.69 Å². The third-order valence-electron chi connectivity index (χ3n) is 18.6. The van der Waals surface area contributed by atoms with Crippen LogP contribution in [0.5, 0.6) is 0 Å². The van der Waals surface area contributed by atoms with Crippen LogP contribution in [0.25, 0.3) is 27.5 Å². The van der Waals surface area contributed by atoms with Crippen molar-refractivity contribution in [2.24, 2.45) is 0 Å². The predicted octanol–water partition coefficient (Wildman–Crippen LogP) is 11.6. The van der Waals surface area contributed by atoms with Crippen LogP contribution in [-0.2, 0) is 28.2 Å². The summed E-state index contributed by atoms with van der Waals surface area (Å²) in [5.74, 6) is 0. The second kappa shape index (κ2) is 12.7. The lowest BCUT2D eigenvalue weighted by Gasteiger charge is -2.54. The quantitative estimate of drug-likeness (QED) is 0.164. The molecule has 8 aromatic rings. The van der Waals surface area contributed by atoms with Crippen LogP contribution < -0.4 is 31.4 Å². The fourth-order valence-corrected chi connectivity index (χ4v) is 16.1.